The minimum Gasteiger partial charge on any atom is -0.496 e. The van der Waals surface area contributed by atoms with Gasteiger partial charge in [0.15, 0.2) is 0 Å². The maximum absolute atomic E-state index is 13.0. The van der Waals surface area contributed by atoms with E-state index in [4.69, 9.17) is 16.3 Å². The Hall–Kier alpha value is -3.68. The van der Waals surface area contributed by atoms with Gasteiger partial charge in [-0.2, -0.15) is 0 Å². The second-order valence-electron chi connectivity index (χ2n) is 7.50. The van der Waals surface area contributed by atoms with Crippen molar-refractivity contribution in [3.8, 4) is 27.4 Å². The highest BCUT2D eigenvalue weighted by Crippen LogP contribution is 2.31. The van der Waals surface area contributed by atoms with E-state index in [-0.39, 0.29) is 18.0 Å². The lowest BCUT2D eigenvalue weighted by Gasteiger charge is -2.13. The molecule has 6 nitrogen and oxygen atoms in total. The maximum atomic E-state index is 13.0. The van der Waals surface area contributed by atoms with Crippen LogP contribution in [0.25, 0.3) is 21.7 Å². The number of carbonyl (C=O) groups is 2. The number of carboxylic acids is 1. The lowest BCUT2D eigenvalue weighted by molar-refractivity contribution is 0.0693. The summed E-state index contributed by atoms with van der Waals surface area (Å²) in [5.41, 5.74) is 4.04. The van der Waals surface area contributed by atoms with Gasteiger partial charge in [-0.15, -0.1) is 11.3 Å². The van der Waals surface area contributed by atoms with Gasteiger partial charge in [0.05, 0.1) is 12.8 Å². The van der Waals surface area contributed by atoms with Gasteiger partial charge in [-0.1, -0.05) is 54.1 Å². The number of aryl methyl sites for hydroxylation is 1. The minimum atomic E-state index is -1.07. The fraction of sp³-hybridized carbons (Fsp3) is 0.115. The topological polar surface area (TPSA) is 88.5 Å². The highest BCUT2D eigenvalue weighted by Gasteiger charge is 2.18. The van der Waals surface area contributed by atoms with E-state index in [0.29, 0.717) is 21.3 Å². The number of carbonyl (C=O) groups excluding carboxylic acids is 1. The van der Waals surface area contributed by atoms with Gasteiger partial charge in [0.1, 0.15) is 21.2 Å². The third-order valence-corrected chi connectivity index (χ3v) is 6.75. The summed E-state index contributed by atoms with van der Waals surface area (Å²) in [5.74, 6) is -0.994. The van der Waals surface area contributed by atoms with Crippen LogP contribution in [0.1, 0.15) is 31.3 Å². The normalized spacial score (nSPS) is 10.7. The zero-order valence-corrected chi connectivity index (χ0v) is 20.0. The standard InChI is InChI=1S/C26H21ClN2O4S/c1-15-23(34-25(29-15)16-7-10-19(27)11-8-16)24(30)28-14-18-5-3-4-6-20(18)17-9-12-22(33-2)21(13-17)26(31)32/h3-13H,14H2,1-2H3,(H,28,30)(H,31,32). The fourth-order valence-corrected chi connectivity index (χ4v) is 4.69. The molecule has 0 radical (unpaired) electrons. The molecule has 0 aliphatic heterocycles. The lowest BCUT2D eigenvalue weighted by atomic mass is 9.97. The number of nitrogens with one attached hydrogen (secondary N) is 1. The molecule has 0 aliphatic rings. The number of aromatic nitrogens is 1. The quantitative estimate of drug-likeness (QED) is 0.326. The Morgan fingerprint density at radius 3 is 2.47 bits per heavy atom. The molecule has 0 atom stereocenters. The van der Waals surface area contributed by atoms with E-state index < -0.39 is 5.97 Å². The SMILES string of the molecule is COc1ccc(-c2ccccc2CNC(=O)c2sc(-c3ccc(Cl)cc3)nc2C)cc1C(=O)O. The molecular formula is C26H21ClN2O4S. The van der Waals surface area contributed by atoms with Gasteiger partial charge in [0, 0.05) is 17.1 Å². The Kier molecular flexibility index (Phi) is 6.95. The molecule has 0 saturated heterocycles. The summed E-state index contributed by atoms with van der Waals surface area (Å²) in [4.78, 5) is 29.7. The monoisotopic (exact) mass is 492 g/mol. The van der Waals surface area contributed by atoms with E-state index in [2.05, 4.69) is 10.3 Å². The third-order valence-electron chi connectivity index (χ3n) is 5.29. The summed E-state index contributed by atoms with van der Waals surface area (Å²) >= 11 is 7.29. The molecule has 3 aromatic carbocycles. The van der Waals surface area contributed by atoms with E-state index in [0.717, 1.165) is 27.3 Å². The zero-order chi connectivity index (χ0) is 24.2. The van der Waals surface area contributed by atoms with Crippen molar-refractivity contribution in [2.24, 2.45) is 0 Å². The highest BCUT2D eigenvalue weighted by molar-refractivity contribution is 7.17. The number of halogens is 1. The molecule has 0 bridgehead atoms. The van der Waals surface area contributed by atoms with Crippen molar-refractivity contribution >= 4 is 34.8 Å². The Labute approximate surface area is 205 Å². The lowest BCUT2D eigenvalue weighted by Crippen LogP contribution is -2.22. The summed E-state index contributed by atoms with van der Waals surface area (Å²) < 4.78 is 5.16. The summed E-state index contributed by atoms with van der Waals surface area (Å²) in [7, 11) is 1.44. The molecule has 0 aliphatic carbocycles. The van der Waals surface area contributed by atoms with Crippen LogP contribution in [0.4, 0.5) is 0 Å². The Bertz CT molecular complexity index is 1370. The first-order chi connectivity index (χ1) is 16.4. The van der Waals surface area contributed by atoms with Crippen LogP contribution < -0.4 is 10.1 Å². The third kappa shape index (κ3) is 4.95. The van der Waals surface area contributed by atoms with Crippen LogP contribution >= 0.6 is 22.9 Å². The summed E-state index contributed by atoms with van der Waals surface area (Å²) in [6.07, 6.45) is 0. The average Bonchev–Trinajstić information content (AvgIpc) is 3.24. The van der Waals surface area contributed by atoms with E-state index in [1.165, 1.54) is 18.4 Å². The minimum absolute atomic E-state index is 0.0776. The molecule has 0 unspecified atom stereocenters. The number of benzene rings is 3. The largest absolute Gasteiger partial charge is 0.496 e. The smallest absolute Gasteiger partial charge is 0.339 e. The van der Waals surface area contributed by atoms with Crippen molar-refractivity contribution in [1.29, 1.82) is 0 Å². The molecule has 172 valence electrons. The van der Waals surface area contributed by atoms with Crippen LogP contribution in [0.5, 0.6) is 5.75 Å². The number of rotatable bonds is 7. The number of nitrogens with zero attached hydrogens (tertiary/aromatic N) is 1. The molecule has 2 N–H and O–H groups in total. The van der Waals surface area contributed by atoms with E-state index >= 15 is 0 Å². The summed E-state index contributed by atoms with van der Waals surface area (Å²) in [6.45, 7) is 2.08. The predicted octanol–water partition coefficient (Wildman–Crippen LogP) is 6.08. The van der Waals surface area contributed by atoms with Crippen LogP contribution in [0.3, 0.4) is 0 Å². The van der Waals surface area contributed by atoms with E-state index in [1.807, 2.05) is 43.3 Å². The van der Waals surface area contributed by atoms with Gasteiger partial charge < -0.3 is 15.2 Å². The fourth-order valence-electron chi connectivity index (χ4n) is 3.58. The Balaban J connectivity index is 1.56. The molecule has 34 heavy (non-hydrogen) atoms. The van der Waals surface area contributed by atoms with Crippen LogP contribution in [-0.4, -0.2) is 29.1 Å². The number of ether oxygens (including phenoxy) is 1. The van der Waals surface area contributed by atoms with E-state index in [9.17, 15) is 14.7 Å². The van der Waals surface area contributed by atoms with Crippen molar-refractivity contribution in [3.05, 3.63) is 93.5 Å². The molecule has 0 saturated carbocycles. The molecule has 1 aromatic heterocycles. The van der Waals surface area contributed by atoms with Gasteiger partial charge in [0.2, 0.25) is 0 Å². The number of thiazole rings is 1. The Morgan fingerprint density at radius 2 is 1.76 bits per heavy atom. The first kappa shape index (κ1) is 23.5. The van der Waals surface area contributed by atoms with Gasteiger partial charge in [-0.3, -0.25) is 4.79 Å². The second-order valence-corrected chi connectivity index (χ2v) is 8.94. The molecular weight excluding hydrogens is 472 g/mol. The van der Waals surface area contributed by atoms with Crippen LogP contribution in [0.2, 0.25) is 5.02 Å². The zero-order valence-electron chi connectivity index (χ0n) is 18.5. The van der Waals surface area contributed by atoms with Crippen LogP contribution in [0, 0.1) is 6.92 Å². The molecule has 0 fully saturated rings. The van der Waals surface area contributed by atoms with Crippen molar-refractivity contribution < 1.29 is 19.4 Å². The Morgan fingerprint density at radius 1 is 1.06 bits per heavy atom. The number of hydrogen-bond donors (Lipinski definition) is 2. The van der Waals surface area contributed by atoms with Gasteiger partial charge in [-0.25, -0.2) is 9.78 Å². The molecule has 4 aromatic rings. The van der Waals surface area contributed by atoms with Gasteiger partial charge >= 0.3 is 5.97 Å². The van der Waals surface area contributed by atoms with Crippen molar-refractivity contribution in [3.63, 3.8) is 0 Å². The molecule has 1 amide bonds. The molecule has 1 heterocycles. The average molecular weight is 493 g/mol. The summed E-state index contributed by atoms with van der Waals surface area (Å²) in [5, 5.41) is 13.9. The first-order valence-corrected chi connectivity index (χ1v) is 11.6. The first-order valence-electron chi connectivity index (χ1n) is 10.4. The van der Waals surface area contributed by atoms with Gasteiger partial charge in [0.25, 0.3) is 5.91 Å². The number of aromatic carboxylic acids is 1. The van der Waals surface area contributed by atoms with E-state index in [1.54, 1.807) is 30.3 Å². The van der Waals surface area contributed by atoms with Crippen molar-refractivity contribution in [2.45, 2.75) is 13.5 Å². The molecule has 8 heteroatoms. The van der Waals surface area contributed by atoms with Crippen LogP contribution in [0.15, 0.2) is 66.7 Å². The number of hydrogen-bond acceptors (Lipinski definition) is 5. The number of methoxy groups -OCH3 is 1. The second kappa shape index (κ2) is 10.1. The molecule has 4 rings (SSSR count). The highest BCUT2D eigenvalue weighted by atomic mass is 35.5. The predicted molar refractivity (Wildman–Crippen MR) is 134 cm³/mol. The number of carboxylic acid groups (broad SMARTS) is 1. The number of amides is 1. The summed E-state index contributed by atoms with van der Waals surface area (Å²) in [6, 6.07) is 19.9. The van der Waals surface area contributed by atoms with Crippen molar-refractivity contribution in [2.75, 3.05) is 7.11 Å². The van der Waals surface area contributed by atoms with Gasteiger partial charge in [-0.05, 0) is 47.9 Å². The van der Waals surface area contributed by atoms with Crippen LogP contribution in [-0.2, 0) is 6.54 Å². The molecule has 0 spiro atoms. The maximum Gasteiger partial charge on any atom is 0.339 e. The van der Waals surface area contributed by atoms with Crippen molar-refractivity contribution in [1.82, 2.24) is 10.3 Å².